The number of para-hydroxylation sites is 2. The molecular formula is C25H29N3O3S. The maximum absolute atomic E-state index is 13.6. The topological polar surface area (TPSA) is 61.9 Å². The highest BCUT2D eigenvalue weighted by atomic mass is 32.1. The van der Waals surface area contributed by atoms with Gasteiger partial charge in [0.15, 0.2) is 5.78 Å². The van der Waals surface area contributed by atoms with Crippen LogP contribution in [0.15, 0.2) is 53.0 Å². The Bertz CT molecular complexity index is 1050. The number of Topliss-reactive ketones (excluding diaryl/α,β-unsaturated/α-hetero) is 1. The Hall–Kier alpha value is -2.64. The number of ketones is 1. The van der Waals surface area contributed by atoms with Crippen molar-refractivity contribution in [3.05, 3.63) is 57.9 Å². The van der Waals surface area contributed by atoms with Crippen molar-refractivity contribution in [3.63, 3.8) is 0 Å². The van der Waals surface area contributed by atoms with Crippen molar-refractivity contribution in [2.45, 2.75) is 32.7 Å². The molecule has 2 aromatic rings. The van der Waals surface area contributed by atoms with Crippen LogP contribution in [0.3, 0.4) is 0 Å². The lowest BCUT2D eigenvalue weighted by molar-refractivity contribution is -0.133. The Morgan fingerprint density at radius 3 is 2.69 bits per heavy atom. The number of allylic oxidation sites excluding steroid dienone is 1. The number of benzene rings is 1. The van der Waals surface area contributed by atoms with E-state index in [4.69, 9.17) is 4.74 Å². The Kier molecular flexibility index (Phi) is 5.55. The molecule has 6 nitrogen and oxygen atoms in total. The van der Waals surface area contributed by atoms with E-state index in [1.54, 1.807) is 11.3 Å². The highest BCUT2D eigenvalue weighted by Crippen LogP contribution is 2.48. The van der Waals surface area contributed by atoms with Crippen molar-refractivity contribution in [2.24, 2.45) is 5.41 Å². The molecule has 3 heterocycles. The second-order valence-electron chi connectivity index (χ2n) is 9.51. The SMILES string of the molecule is CC1(C)CC(=O)C2=C(C1)Nc1ccccc1N(CC(=O)N1CCOCC1)C2c1cccs1. The second kappa shape index (κ2) is 8.37. The van der Waals surface area contributed by atoms with E-state index in [2.05, 4.69) is 30.1 Å². The lowest BCUT2D eigenvalue weighted by atomic mass is 9.74. The van der Waals surface area contributed by atoms with Gasteiger partial charge >= 0.3 is 0 Å². The van der Waals surface area contributed by atoms with Crippen LogP contribution in [-0.4, -0.2) is 49.4 Å². The number of rotatable bonds is 3. The third kappa shape index (κ3) is 3.95. The number of fused-ring (bicyclic) bond motifs is 1. The molecule has 1 atom stereocenters. The first-order valence-corrected chi connectivity index (χ1v) is 12.1. The maximum Gasteiger partial charge on any atom is 0.242 e. The predicted molar refractivity (Wildman–Crippen MR) is 127 cm³/mol. The smallest absolute Gasteiger partial charge is 0.242 e. The van der Waals surface area contributed by atoms with Crippen LogP contribution in [0, 0.1) is 5.41 Å². The van der Waals surface area contributed by atoms with E-state index in [0.717, 1.165) is 33.9 Å². The molecule has 0 saturated carbocycles. The molecule has 1 aromatic carbocycles. The van der Waals surface area contributed by atoms with Crippen LogP contribution in [0.2, 0.25) is 0 Å². The quantitative estimate of drug-likeness (QED) is 0.757. The van der Waals surface area contributed by atoms with Gasteiger partial charge in [-0.2, -0.15) is 0 Å². The highest BCUT2D eigenvalue weighted by molar-refractivity contribution is 7.10. The zero-order valence-corrected chi connectivity index (χ0v) is 19.4. The first kappa shape index (κ1) is 21.2. The van der Waals surface area contributed by atoms with Crippen LogP contribution in [0.5, 0.6) is 0 Å². The predicted octanol–water partition coefficient (Wildman–Crippen LogP) is 4.22. The fraction of sp³-hybridized carbons (Fsp3) is 0.440. The standard InChI is InChI=1S/C25H29N3O3S/c1-25(2)14-18-23(20(29)15-25)24(21-8-5-13-32-21)28(19-7-4-3-6-17(19)26-18)16-22(30)27-9-11-31-12-10-27/h3-8,13,24,26H,9-12,14-16H2,1-2H3. The number of hydrogen-bond acceptors (Lipinski definition) is 6. The number of carbonyl (C=O) groups excluding carboxylic acids is 2. The number of anilines is 2. The van der Waals surface area contributed by atoms with Crippen LogP contribution in [0.25, 0.3) is 0 Å². The van der Waals surface area contributed by atoms with Gasteiger partial charge in [0.05, 0.1) is 37.2 Å². The number of thiophene rings is 1. The molecule has 5 rings (SSSR count). The van der Waals surface area contributed by atoms with E-state index in [1.165, 1.54) is 0 Å². The van der Waals surface area contributed by atoms with E-state index < -0.39 is 0 Å². The molecule has 1 unspecified atom stereocenters. The molecule has 2 aliphatic heterocycles. The van der Waals surface area contributed by atoms with Crippen molar-refractivity contribution in [2.75, 3.05) is 43.1 Å². The summed E-state index contributed by atoms with van der Waals surface area (Å²) in [5.74, 6) is 0.232. The van der Waals surface area contributed by atoms with E-state index in [0.29, 0.717) is 32.7 Å². The summed E-state index contributed by atoms with van der Waals surface area (Å²) < 4.78 is 5.43. The van der Waals surface area contributed by atoms with Crippen LogP contribution in [0.1, 0.15) is 37.6 Å². The molecular weight excluding hydrogens is 422 g/mol. The average Bonchev–Trinajstić information content (AvgIpc) is 3.25. The summed E-state index contributed by atoms with van der Waals surface area (Å²) in [5, 5.41) is 5.64. The molecule has 1 amide bonds. The lowest BCUT2D eigenvalue weighted by Gasteiger charge is -2.38. The summed E-state index contributed by atoms with van der Waals surface area (Å²) >= 11 is 1.64. The minimum Gasteiger partial charge on any atom is -0.378 e. The number of ether oxygens (including phenoxy) is 1. The maximum atomic E-state index is 13.6. The van der Waals surface area contributed by atoms with Crippen molar-refractivity contribution in [1.29, 1.82) is 0 Å². The van der Waals surface area contributed by atoms with E-state index in [1.807, 2.05) is 40.6 Å². The zero-order valence-electron chi connectivity index (χ0n) is 18.6. The second-order valence-corrected chi connectivity index (χ2v) is 10.5. The summed E-state index contributed by atoms with van der Waals surface area (Å²) in [4.78, 5) is 32.0. The molecule has 7 heteroatoms. The molecule has 32 heavy (non-hydrogen) atoms. The average molecular weight is 452 g/mol. The van der Waals surface area contributed by atoms with E-state index in [-0.39, 0.29) is 29.7 Å². The summed E-state index contributed by atoms with van der Waals surface area (Å²) in [6.45, 7) is 6.87. The number of amides is 1. The van der Waals surface area contributed by atoms with Crippen molar-refractivity contribution < 1.29 is 14.3 Å². The monoisotopic (exact) mass is 451 g/mol. The van der Waals surface area contributed by atoms with Crippen LogP contribution >= 0.6 is 11.3 Å². The van der Waals surface area contributed by atoms with Crippen LogP contribution < -0.4 is 10.2 Å². The van der Waals surface area contributed by atoms with Crippen molar-refractivity contribution in [3.8, 4) is 0 Å². The van der Waals surface area contributed by atoms with Gasteiger partial charge in [0.25, 0.3) is 0 Å². The Labute approximate surface area is 192 Å². The number of nitrogens with zero attached hydrogens (tertiary/aromatic N) is 2. The largest absolute Gasteiger partial charge is 0.378 e. The Morgan fingerprint density at radius 2 is 1.94 bits per heavy atom. The number of carbonyl (C=O) groups is 2. The van der Waals surface area contributed by atoms with Gasteiger partial charge in [-0.1, -0.05) is 32.0 Å². The molecule has 3 aliphatic rings. The van der Waals surface area contributed by atoms with Gasteiger partial charge in [-0.15, -0.1) is 11.3 Å². The summed E-state index contributed by atoms with van der Waals surface area (Å²) in [6.07, 6.45) is 1.31. The molecule has 0 spiro atoms. The van der Waals surface area contributed by atoms with Gasteiger partial charge in [0.2, 0.25) is 5.91 Å². The van der Waals surface area contributed by atoms with Crippen molar-refractivity contribution in [1.82, 2.24) is 4.90 Å². The van der Waals surface area contributed by atoms with Gasteiger partial charge in [0, 0.05) is 35.7 Å². The fourth-order valence-corrected chi connectivity index (χ4v) is 5.87. The molecule has 1 fully saturated rings. The Morgan fingerprint density at radius 1 is 1.16 bits per heavy atom. The summed E-state index contributed by atoms with van der Waals surface area (Å²) in [7, 11) is 0. The molecule has 1 N–H and O–H groups in total. The third-order valence-electron chi connectivity index (χ3n) is 6.49. The van der Waals surface area contributed by atoms with Gasteiger partial charge < -0.3 is 19.9 Å². The number of nitrogens with one attached hydrogen (secondary N) is 1. The number of hydrogen-bond donors (Lipinski definition) is 1. The molecule has 1 aliphatic carbocycles. The molecule has 1 saturated heterocycles. The lowest BCUT2D eigenvalue weighted by Crippen LogP contribution is -2.47. The van der Waals surface area contributed by atoms with Gasteiger partial charge in [-0.3, -0.25) is 9.59 Å². The normalized spacial score (nSPS) is 22.7. The van der Waals surface area contributed by atoms with Gasteiger partial charge in [-0.25, -0.2) is 0 Å². The molecule has 0 radical (unpaired) electrons. The minimum atomic E-state index is -0.283. The van der Waals surface area contributed by atoms with Gasteiger partial charge in [-0.05, 0) is 35.4 Å². The molecule has 1 aromatic heterocycles. The van der Waals surface area contributed by atoms with Crippen LogP contribution in [-0.2, 0) is 14.3 Å². The van der Waals surface area contributed by atoms with E-state index in [9.17, 15) is 9.59 Å². The molecule has 168 valence electrons. The number of morpholine rings is 1. The zero-order chi connectivity index (χ0) is 22.3. The Balaban J connectivity index is 1.63. The van der Waals surface area contributed by atoms with E-state index >= 15 is 0 Å². The first-order valence-electron chi connectivity index (χ1n) is 11.2. The first-order chi connectivity index (χ1) is 15.4. The molecule has 0 bridgehead atoms. The third-order valence-corrected chi connectivity index (χ3v) is 7.41. The summed E-state index contributed by atoms with van der Waals surface area (Å²) in [5.41, 5.74) is 3.58. The van der Waals surface area contributed by atoms with Crippen molar-refractivity contribution >= 4 is 34.4 Å². The highest BCUT2D eigenvalue weighted by Gasteiger charge is 2.42. The minimum absolute atomic E-state index is 0.0669. The summed E-state index contributed by atoms with van der Waals surface area (Å²) in [6, 6.07) is 11.9. The van der Waals surface area contributed by atoms with Crippen LogP contribution in [0.4, 0.5) is 11.4 Å². The van der Waals surface area contributed by atoms with Gasteiger partial charge in [0.1, 0.15) is 0 Å². The fourth-order valence-electron chi connectivity index (χ4n) is 5.03.